The molecule has 1 saturated heterocycles. The predicted octanol–water partition coefficient (Wildman–Crippen LogP) is 3.17. The largest absolute Gasteiger partial charge is 0.522 e. The van der Waals surface area contributed by atoms with E-state index in [1.807, 2.05) is 0 Å². The van der Waals surface area contributed by atoms with Gasteiger partial charge < -0.3 is 20.1 Å². The van der Waals surface area contributed by atoms with E-state index >= 15 is 0 Å². The van der Waals surface area contributed by atoms with E-state index in [1.165, 1.54) is 11.1 Å². The van der Waals surface area contributed by atoms with Crippen LogP contribution >= 0.6 is 11.6 Å². The van der Waals surface area contributed by atoms with Crippen LogP contribution in [0, 0.1) is 5.92 Å². The van der Waals surface area contributed by atoms with Crippen molar-refractivity contribution in [3.05, 3.63) is 46.7 Å². The summed E-state index contributed by atoms with van der Waals surface area (Å²) >= 11 is 5.99. The Bertz CT molecular complexity index is 1260. The fraction of sp³-hybridized carbons (Fsp3) is 0.560. The maximum Gasteiger partial charge on any atom is 0.522 e. The number of hydrogen-bond acceptors (Lipinski definition) is 6. The van der Waals surface area contributed by atoms with Gasteiger partial charge in [-0.1, -0.05) is 11.6 Å². The zero-order valence-electron chi connectivity index (χ0n) is 20.2. The van der Waals surface area contributed by atoms with Gasteiger partial charge in [-0.05, 0) is 43.9 Å². The van der Waals surface area contributed by atoms with Crippen molar-refractivity contribution in [3.8, 4) is 5.75 Å². The van der Waals surface area contributed by atoms with Crippen LogP contribution in [0.1, 0.15) is 54.1 Å². The molecule has 7 rings (SSSR count). The SMILES string of the molecule is O=C(NC12CC(n3cc(C(=O)N4CC[C@H](COC(F)(F)F)C4)cn3)(C1)C2)[C@H]1C[C@@H](O)c2cc(Cl)ccc2O1. The number of alkyl halides is 3. The number of aliphatic hydroxyl groups excluding tert-OH is 1. The topological polar surface area (TPSA) is 106 Å². The third kappa shape index (κ3) is 4.52. The van der Waals surface area contributed by atoms with Crippen LogP contribution in [-0.2, 0) is 15.1 Å². The highest BCUT2D eigenvalue weighted by Crippen LogP contribution is 2.65. The zero-order chi connectivity index (χ0) is 26.9. The Labute approximate surface area is 220 Å². The van der Waals surface area contributed by atoms with E-state index in [-0.39, 0.29) is 41.8 Å². The molecule has 2 aliphatic heterocycles. The summed E-state index contributed by atoms with van der Waals surface area (Å²) in [6, 6.07) is 4.92. The van der Waals surface area contributed by atoms with Crippen molar-refractivity contribution in [1.82, 2.24) is 20.0 Å². The van der Waals surface area contributed by atoms with Gasteiger partial charge in [0.25, 0.3) is 11.8 Å². The van der Waals surface area contributed by atoms with E-state index in [1.54, 1.807) is 29.1 Å². The third-order valence-corrected chi connectivity index (χ3v) is 8.33. The van der Waals surface area contributed by atoms with Crippen LogP contribution in [-0.4, -0.2) is 69.3 Å². The van der Waals surface area contributed by atoms with Crippen molar-refractivity contribution in [2.45, 2.75) is 61.8 Å². The number of amides is 2. The van der Waals surface area contributed by atoms with E-state index in [9.17, 15) is 27.9 Å². The normalized spacial score (nSPS) is 31.6. The van der Waals surface area contributed by atoms with Gasteiger partial charge in [0, 0.05) is 47.8 Å². The summed E-state index contributed by atoms with van der Waals surface area (Å²) in [4.78, 5) is 27.4. The van der Waals surface area contributed by atoms with Crippen molar-refractivity contribution in [1.29, 1.82) is 0 Å². The number of rotatable bonds is 6. The van der Waals surface area contributed by atoms with Gasteiger partial charge in [-0.3, -0.25) is 19.0 Å². The smallest absolute Gasteiger partial charge is 0.480 e. The minimum absolute atomic E-state index is 0.130. The molecule has 4 fully saturated rings. The standard InChI is InChI=1S/C25H26ClF3N4O5/c26-16-1-2-19-17(5-16)18(34)6-20(38-19)21(35)31-23-11-24(12-23,13-23)33-9-15(7-30-33)22(36)32-4-3-14(8-32)10-37-25(27,28)29/h1-2,5,7,9,14,18,20,34H,3-4,6,8,10-13H2,(H,31,35)/t14-,18+,20+,23?,24?/m0/s1. The third-order valence-electron chi connectivity index (χ3n) is 8.09. The lowest BCUT2D eigenvalue weighted by Gasteiger charge is -2.70. The molecule has 2 bridgehead atoms. The number of aliphatic hydroxyl groups is 1. The van der Waals surface area contributed by atoms with Crippen molar-refractivity contribution in [2.75, 3.05) is 19.7 Å². The molecule has 1 aromatic carbocycles. The monoisotopic (exact) mass is 554 g/mol. The Morgan fingerprint density at radius 3 is 2.79 bits per heavy atom. The summed E-state index contributed by atoms with van der Waals surface area (Å²) in [5.41, 5.74) is 0.293. The van der Waals surface area contributed by atoms with Crippen LogP contribution < -0.4 is 10.1 Å². The lowest BCUT2D eigenvalue weighted by atomic mass is 9.44. The molecule has 9 nitrogen and oxygen atoms in total. The number of carbonyl (C=O) groups excluding carboxylic acids is 2. The molecule has 0 radical (unpaired) electrons. The number of nitrogens with one attached hydrogen (secondary N) is 1. The maximum absolute atomic E-state index is 12.9. The summed E-state index contributed by atoms with van der Waals surface area (Å²) in [6.45, 7) is 0.108. The fourth-order valence-electron chi connectivity index (χ4n) is 6.27. The van der Waals surface area contributed by atoms with Gasteiger partial charge in [0.05, 0.1) is 30.0 Å². The number of nitrogens with zero attached hydrogens (tertiary/aromatic N) is 3. The Hall–Kier alpha value is -2.83. The molecular weight excluding hydrogens is 529 g/mol. The van der Waals surface area contributed by atoms with Crippen molar-refractivity contribution in [2.24, 2.45) is 5.92 Å². The summed E-state index contributed by atoms with van der Waals surface area (Å²) in [7, 11) is 0. The predicted molar refractivity (Wildman–Crippen MR) is 126 cm³/mol. The summed E-state index contributed by atoms with van der Waals surface area (Å²) in [5.74, 6) is -0.479. The first-order valence-electron chi connectivity index (χ1n) is 12.5. The highest BCUT2D eigenvalue weighted by Gasteiger charge is 2.70. The molecule has 3 atom stereocenters. The average Bonchev–Trinajstić information content (AvgIpc) is 3.48. The molecule has 2 N–H and O–H groups in total. The minimum Gasteiger partial charge on any atom is -0.480 e. The second-order valence-corrected chi connectivity index (χ2v) is 11.3. The zero-order valence-corrected chi connectivity index (χ0v) is 21.0. The molecule has 2 aromatic rings. The number of benzene rings is 1. The second-order valence-electron chi connectivity index (χ2n) is 10.9. The number of ether oxygens (including phenoxy) is 2. The van der Waals surface area contributed by atoms with E-state index in [2.05, 4.69) is 15.2 Å². The van der Waals surface area contributed by atoms with Crippen LogP contribution in [0.3, 0.4) is 0 Å². The van der Waals surface area contributed by atoms with Gasteiger partial charge in [0.2, 0.25) is 0 Å². The summed E-state index contributed by atoms with van der Waals surface area (Å²) < 4.78 is 48.4. The van der Waals surface area contributed by atoms with Gasteiger partial charge >= 0.3 is 6.36 Å². The van der Waals surface area contributed by atoms with Crippen LogP contribution in [0.25, 0.3) is 0 Å². The first kappa shape index (κ1) is 25.4. The molecule has 3 heterocycles. The molecule has 1 aromatic heterocycles. The van der Waals surface area contributed by atoms with Crippen LogP contribution in [0.2, 0.25) is 5.02 Å². The van der Waals surface area contributed by atoms with Crippen molar-refractivity contribution >= 4 is 23.4 Å². The summed E-state index contributed by atoms with van der Waals surface area (Å²) in [5, 5.41) is 18.4. The number of hydrogen-bond donors (Lipinski definition) is 2. The van der Waals surface area contributed by atoms with E-state index in [0.29, 0.717) is 54.1 Å². The highest BCUT2D eigenvalue weighted by atomic mass is 35.5. The Kier molecular flexibility index (Phi) is 5.93. The van der Waals surface area contributed by atoms with Gasteiger partial charge in [-0.15, -0.1) is 13.2 Å². The molecule has 204 valence electrons. The van der Waals surface area contributed by atoms with Crippen molar-refractivity contribution in [3.63, 3.8) is 0 Å². The number of likely N-dealkylation sites (tertiary alicyclic amines) is 1. The molecule has 3 aliphatic carbocycles. The quantitative estimate of drug-likeness (QED) is 0.568. The van der Waals surface area contributed by atoms with Crippen LogP contribution in [0.4, 0.5) is 13.2 Å². The van der Waals surface area contributed by atoms with Crippen molar-refractivity contribution < 1.29 is 37.3 Å². The highest BCUT2D eigenvalue weighted by molar-refractivity contribution is 6.30. The maximum atomic E-state index is 12.9. The average molecular weight is 555 g/mol. The first-order valence-corrected chi connectivity index (χ1v) is 12.8. The van der Waals surface area contributed by atoms with E-state index in [0.717, 1.165) is 0 Å². The van der Waals surface area contributed by atoms with Crippen LogP contribution in [0.15, 0.2) is 30.6 Å². The lowest BCUT2D eigenvalue weighted by Crippen LogP contribution is -2.79. The molecule has 0 spiro atoms. The van der Waals surface area contributed by atoms with Gasteiger partial charge in [0.1, 0.15) is 5.75 Å². The number of halogens is 4. The van der Waals surface area contributed by atoms with Crippen LogP contribution in [0.5, 0.6) is 5.75 Å². The van der Waals surface area contributed by atoms with Gasteiger partial charge in [0.15, 0.2) is 6.10 Å². The lowest BCUT2D eigenvalue weighted by molar-refractivity contribution is -0.328. The molecule has 2 amide bonds. The Morgan fingerprint density at radius 1 is 1.29 bits per heavy atom. The van der Waals surface area contributed by atoms with Gasteiger partial charge in [-0.25, -0.2) is 0 Å². The fourth-order valence-corrected chi connectivity index (χ4v) is 6.45. The molecule has 3 saturated carbocycles. The number of aromatic nitrogens is 2. The number of carbonyl (C=O) groups is 2. The van der Waals surface area contributed by atoms with E-state index in [4.69, 9.17) is 16.3 Å². The molecule has 13 heteroatoms. The Balaban J connectivity index is 1.02. The molecule has 38 heavy (non-hydrogen) atoms. The van der Waals surface area contributed by atoms with Gasteiger partial charge in [-0.2, -0.15) is 5.10 Å². The van der Waals surface area contributed by atoms with E-state index < -0.39 is 25.2 Å². The Morgan fingerprint density at radius 2 is 2.05 bits per heavy atom. The summed E-state index contributed by atoms with van der Waals surface area (Å²) in [6.07, 6.45) is -0.644. The molecular formula is C25H26ClF3N4O5. The number of fused-ring (bicyclic) bond motifs is 1. The first-order chi connectivity index (χ1) is 17.9. The second kappa shape index (κ2) is 8.85. The minimum atomic E-state index is -4.68. The molecule has 5 aliphatic rings. The molecule has 0 unspecified atom stereocenters.